The largest absolute Gasteiger partial charge is 0.451 e. The van der Waals surface area contributed by atoms with Crippen LogP contribution in [-0.2, 0) is 15.8 Å². The summed E-state index contributed by atoms with van der Waals surface area (Å²) in [6.45, 7) is 0.998. The van der Waals surface area contributed by atoms with Crippen molar-refractivity contribution in [3.05, 3.63) is 53.8 Å². The molecule has 11 heteroatoms. The highest BCUT2D eigenvalue weighted by Gasteiger charge is 2.33. The fourth-order valence-electron chi connectivity index (χ4n) is 3.96. The van der Waals surface area contributed by atoms with Gasteiger partial charge in [-0.2, -0.15) is 24.8 Å². The lowest BCUT2D eigenvalue weighted by Crippen LogP contribution is -2.50. The van der Waals surface area contributed by atoms with Crippen LogP contribution in [0.15, 0.2) is 51.8 Å². The molecular formula is C21H20N4O4S3. The Labute approximate surface area is 193 Å². The van der Waals surface area contributed by atoms with Crippen LogP contribution in [-0.4, -0.2) is 64.7 Å². The predicted octanol–water partition coefficient (Wildman–Crippen LogP) is 3.45. The second-order valence-corrected chi connectivity index (χ2v) is 10.7. The van der Waals surface area contributed by atoms with Crippen molar-refractivity contribution in [1.82, 2.24) is 18.0 Å². The topological polar surface area (TPSA) is 96.6 Å². The van der Waals surface area contributed by atoms with E-state index in [0.29, 0.717) is 41.2 Å². The highest BCUT2D eigenvalue weighted by Crippen LogP contribution is 2.30. The van der Waals surface area contributed by atoms with Gasteiger partial charge in [-0.3, -0.25) is 4.79 Å². The Morgan fingerprint density at radius 3 is 2.66 bits per heavy atom. The van der Waals surface area contributed by atoms with Gasteiger partial charge in [-0.1, -0.05) is 24.3 Å². The summed E-state index contributed by atoms with van der Waals surface area (Å²) in [6.07, 6.45) is 1.98. The van der Waals surface area contributed by atoms with Crippen molar-refractivity contribution in [2.45, 2.75) is 10.6 Å². The fraction of sp³-hybridized carbons (Fsp3) is 0.286. The van der Waals surface area contributed by atoms with Crippen LogP contribution < -0.4 is 0 Å². The number of amides is 1. The maximum atomic E-state index is 13.3. The minimum absolute atomic E-state index is 0.156. The lowest BCUT2D eigenvalue weighted by Gasteiger charge is -2.33. The molecule has 0 unspecified atom stereocenters. The number of carbonyl (C=O) groups excluding carboxylic acids is 1. The Morgan fingerprint density at radius 1 is 1.09 bits per heavy atom. The van der Waals surface area contributed by atoms with Gasteiger partial charge >= 0.3 is 0 Å². The molecule has 8 nitrogen and oxygen atoms in total. The van der Waals surface area contributed by atoms with Gasteiger partial charge in [0.1, 0.15) is 21.5 Å². The highest BCUT2D eigenvalue weighted by atomic mass is 32.2. The first-order chi connectivity index (χ1) is 15.5. The number of carbonyl (C=O) groups is 1. The third-order valence-electron chi connectivity index (χ3n) is 5.57. The third-order valence-corrected chi connectivity index (χ3v) is 8.62. The second kappa shape index (κ2) is 8.47. The van der Waals surface area contributed by atoms with Crippen LogP contribution in [0, 0.1) is 0 Å². The number of hydrogen-bond donors (Lipinski definition) is 0. The molecule has 1 aliphatic rings. The van der Waals surface area contributed by atoms with Crippen LogP contribution in [0.4, 0.5) is 0 Å². The third kappa shape index (κ3) is 3.58. The summed E-state index contributed by atoms with van der Waals surface area (Å²) in [5.41, 5.74) is 2.53. The quantitative estimate of drug-likeness (QED) is 0.424. The van der Waals surface area contributed by atoms with Crippen LogP contribution in [0.1, 0.15) is 16.1 Å². The van der Waals surface area contributed by atoms with Gasteiger partial charge in [0.15, 0.2) is 5.76 Å². The highest BCUT2D eigenvalue weighted by molar-refractivity contribution is 7.97. The Hall–Kier alpha value is -2.47. The number of hydrogen-bond acceptors (Lipinski definition) is 8. The number of para-hydroxylation sites is 1. The van der Waals surface area contributed by atoms with Crippen molar-refractivity contribution in [3.8, 4) is 0 Å². The number of furan rings is 1. The monoisotopic (exact) mass is 488 g/mol. The number of benzene rings is 2. The van der Waals surface area contributed by atoms with Crippen LogP contribution in [0.25, 0.3) is 22.0 Å². The van der Waals surface area contributed by atoms with E-state index in [9.17, 15) is 13.2 Å². The molecule has 2 aromatic heterocycles. The number of sulfonamides is 1. The maximum absolute atomic E-state index is 13.3. The van der Waals surface area contributed by atoms with E-state index in [1.807, 2.05) is 30.5 Å². The van der Waals surface area contributed by atoms with E-state index in [4.69, 9.17) is 4.42 Å². The molecule has 2 aromatic carbocycles. The van der Waals surface area contributed by atoms with E-state index in [-0.39, 0.29) is 23.9 Å². The van der Waals surface area contributed by atoms with Crippen LogP contribution >= 0.6 is 23.5 Å². The van der Waals surface area contributed by atoms with Gasteiger partial charge in [-0.15, -0.1) is 0 Å². The molecule has 0 N–H and O–H groups in total. The van der Waals surface area contributed by atoms with Gasteiger partial charge in [0, 0.05) is 42.9 Å². The SMILES string of the molecule is CSCc1c(C(=O)N2CCN(S(=O)(=O)c3cccc4nsnc34)CC2)oc2ccccc12. The summed E-state index contributed by atoms with van der Waals surface area (Å²) in [6, 6.07) is 12.6. The van der Waals surface area contributed by atoms with E-state index in [1.54, 1.807) is 34.9 Å². The lowest BCUT2D eigenvalue weighted by molar-refractivity contribution is 0.0667. The molecule has 0 radical (unpaired) electrons. The molecule has 5 rings (SSSR count). The van der Waals surface area contributed by atoms with Gasteiger partial charge in [0.2, 0.25) is 10.0 Å². The number of piperazine rings is 1. The first-order valence-corrected chi connectivity index (χ1v) is 13.6. The van der Waals surface area contributed by atoms with E-state index in [0.717, 1.165) is 22.7 Å². The Morgan fingerprint density at radius 2 is 1.88 bits per heavy atom. The van der Waals surface area contributed by atoms with E-state index >= 15 is 0 Å². The average Bonchev–Trinajstić information content (AvgIpc) is 3.44. The molecule has 4 aromatic rings. The van der Waals surface area contributed by atoms with Crippen LogP contribution in [0.3, 0.4) is 0 Å². The fourth-order valence-corrected chi connectivity index (χ4v) is 6.71. The van der Waals surface area contributed by atoms with Crippen molar-refractivity contribution in [1.29, 1.82) is 0 Å². The number of aromatic nitrogens is 2. The lowest BCUT2D eigenvalue weighted by atomic mass is 10.1. The van der Waals surface area contributed by atoms with E-state index in [2.05, 4.69) is 8.75 Å². The van der Waals surface area contributed by atoms with Crippen LogP contribution in [0.5, 0.6) is 0 Å². The zero-order chi connectivity index (χ0) is 22.3. The van der Waals surface area contributed by atoms with Gasteiger partial charge in [-0.25, -0.2) is 8.42 Å². The molecular weight excluding hydrogens is 468 g/mol. The molecule has 0 spiro atoms. The number of thioether (sulfide) groups is 1. The van der Waals surface area contributed by atoms with E-state index < -0.39 is 10.0 Å². The van der Waals surface area contributed by atoms with Gasteiger partial charge in [0.05, 0.1) is 11.7 Å². The van der Waals surface area contributed by atoms with Gasteiger partial charge < -0.3 is 9.32 Å². The summed E-state index contributed by atoms with van der Waals surface area (Å²) in [5, 5.41) is 0.941. The van der Waals surface area contributed by atoms with Crippen LogP contribution in [0.2, 0.25) is 0 Å². The number of rotatable bonds is 5. The zero-order valence-electron chi connectivity index (χ0n) is 17.2. The molecule has 0 aliphatic carbocycles. The second-order valence-electron chi connectivity index (χ2n) is 7.42. The molecule has 0 atom stereocenters. The molecule has 1 fully saturated rings. The van der Waals surface area contributed by atoms with Crippen molar-refractivity contribution in [2.24, 2.45) is 0 Å². The van der Waals surface area contributed by atoms with Crippen molar-refractivity contribution >= 4 is 61.4 Å². The Kier molecular flexibility index (Phi) is 5.66. The summed E-state index contributed by atoms with van der Waals surface area (Å²) in [4.78, 5) is 15.1. The smallest absolute Gasteiger partial charge is 0.290 e. The molecule has 32 heavy (non-hydrogen) atoms. The molecule has 0 saturated carbocycles. The summed E-state index contributed by atoms with van der Waals surface area (Å²) in [7, 11) is -3.74. The minimum Gasteiger partial charge on any atom is -0.451 e. The zero-order valence-corrected chi connectivity index (χ0v) is 19.7. The molecule has 166 valence electrons. The summed E-state index contributed by atoms with van der Waals surface area (Å²) < 4.78 is 42.1. The number of nitrogens with zero attached hydrogens (tertiary/aromatic N) is 4. The Balaban J connectivity index is 1.37. The van der Waals surface area contributed by atoms with Crippen molar-refractivity contribution < 1.29 is 17.6 Å². The van der Waals surface area contributed by atoms with Crippen molar-refractivity contribution in [2.75, 3.05) is 32.4 Å². The standard InChI is InChI=1S/C21H20N4O4S3/c1-30-13-15-14-5-2-3-7-17(14)29-20(15)21(26)24-9-11-25(12-10-24)32(27,28)18-8-4-6-16-19(18)23-31-22-16/h2-8H,9-13H2,1H3. The maximum Gasteiger partial charge on any atom is 0.290 e. The molecule has 3 heterocycles. The molecule has 1 saturated heterocycles. The summed E-state index contributed by atoms with van der Waals surface area (Å²) in [5.74, 6) is 0.807. The minimum atomic E-state index is -3.74. The van der Waals surface area contributed by atoms with Gasteiger partial charge in [-0.05, 0) is 24.5 Å². The van der Waals surface area contributed by atoms with Crippen molar-refractivity contribution in [3.63, 3.8) is 0 Å². The Bertz CT molecular complexity index is 1400. The molecule has 1 aliphatic heterocycles. The normalized spacial score (nSPS) is 15.6. The number of fused-ring (bicyclic) bond motifs is 2. The van der Waals surface area contributed by atoms with Gasteiger partial charge in [0.25, 0.3) is 5.91 Å². The first-order valence-electron chi connectivity index (χ1n) is 10.0. The molecule has 1 amide bonds. The van der Waals surface area contributed by atoms with E-state index in [1.165, 1.54) is 4.31 Å². The predicted molar refractivity (Wildman–Crippen MR) is 126 cm³/mol. The molecule has 0 bridgehead atoms. The first kappa shape index (κ1) is 21.4. The summed E-state index contributed by atoms with van der Waals surface area (Å²) >= 11 is 2.62. The average molecular weight is 489 g/mol.